The van der Waals surface area contributed by atoms with E-state index in [0.29, 0.717) is 6.54 Å². The second-order valence-electron chi connectivity index (χ2n) is 6.51. The fraction of sp³-hybridized carbons (Fsp3) is 0.300. The number of H-pyrrole nitrogens is 1. The maximum Gasteiger partial charge on any atom is 0.223 e. The molecule has 0 saturated carbocycles. The Morgan fingerprint density at radius 1 is 1.32 bits per heavy atom. The molecule has 5 nitrogen and oxygen atoms in total. The molecule has 1 amide bonds. The van der Waals surface area contributed by atoms with Gasteiger partial charge in [0, 0.05) is 41.5 Å². The fourth-order valence-corrected chi connectivity index (χ4v) is 3.58. The topological polar surface area (TPSA) is 67.0 Å². The summed E-state index contributed by atoms with van der Waals surface area (Å²) in [7, 11) is 1.68. The zero-order valence-corrected chi connectivity index (χ0v) is 14.2. The fourth-order valence-electron chi connectivity index (χ4n) is 3.58. The van der Waals surface area contributed by atoms with E-state index in [-0.39, 0.29) is 11.8 Å². The third-order valence-electron chi connectivity index (χ3n) is 4.98. The zero-order chi connectivity index (χ0) is 17.2. The number of fused-ring (bicyclic) bond motifs is 3. The van der Waals surface area contributed by atoms with Gasteiger partial charge in [0.15, 0.2) is 0 Å². The van der Waals surface area contributed by atoms with Gasteiger partial charge in [0.2, 0.25) is 5.91 Å². The van der Waals surface area contributed by atoms with E-state index in [1.807, 2.05) is 24.3 Å². The number of pyridine rings is 1. The van der Waals surface area contributed by atoms with Gasteiger partial charge >= 0.3 is 0 Å². The zero-order valence-electron chi connectivity index (χ0n) is 14.2. The van der Waals surface area contributed by atoms with Crippen molar-refractivity contribution in [3.05, 3.63) is 59.5 Å². The van der Waals surface area contributed by atoms with Crippen molar-refractivity contribution in [1.29, 1.82) is 0 Å². The molecule has 128 valence electrons. The van der Waals surface area contributed by atoms with Gasteiger partial charge in [0.05, 0.1) is 7.11 Å². The second kappa shape index (κ2) is 6.59. The van der Waals surface area contributed by atoms with Gasteiger partial charge in [-0.1, -0.05) is 0 Å². The molecule has 0 fully saturated rings. The van der Waals surface area contributed by atoms with E-state index in [2.05, 4.69) is 21.4 Å². The van der Waals surface area contributed by atoms with Gasteiger partial charge < -0.3 is 15.0 Å². The molecular weight excluding hydrogens is 314 g/mol. The third kappa shape index (κ3) is 3.09. The Balaban J connectivity index is 1.50. The summed E-state index contributed by atoms with van der Waals surface area (Å²) >= 11 is 0. The maximum atomic E-state index is 12.6. The van der Waals surface area contributed by atoms with Gasteiger partial charge in [-0.2, -0.15) is 0 Å². The lowest BCUT2D eigenvalue weighted by Gasteiger charge is -2.22. The van der Waals surface area contributed by atoms with Gasteiger partial charge in [-0.25, -0.2) is 0 Å². The third-order valence-corrected chi connectivity index (χ3v) is 4.98. The lowest BCUT2D eigenvalue weighted by atomic mass is 9.85. The Morgan fingerprint density at radius 3 is 2.96 bits per heavy atom. The summed E-state index contributed by atoms with van der Waals surface area (Å²) in [5.41, 5.74) is 4.69. The lowest BCUT2D eigenvalue weighted by molar-refractivity contribution is -0.125. The van der Waals surface area contributed by atoms with Crippen LogP contribution in [0.4, 0.5) is 0 Å². The highest BCUT2D eigenvalue weighted by atomic mass is 16.5. The van der Waals surface area contributed by atoms with Crippen LogP contribution in [0.15, 0.2) is 42.7 Å². The molecule has 0 bridgehead atoms. The van der Waals surface area contributed by atoms with E-state index in [9.17, 15) is 4.79 Å². The number of aromatic amines is 1. The molecule has 2 aromatic heterocycles. The quantitative estimate of drug-likeness (QED) is 0.770. The molecular formula is C20H21N3O2. The molecule has 2 heterocycles. The largest absolute Gasteiger partial charge is 0.497 e. The molecule has 0 spiro atoms. The maximum absolute atomic E-state index is 12.6. The van der Waals surface area contributed by atoms with E-state index in [1.165, 1.54) is 16.6 Å². The van der Waals surface area contributed by atoms with Gasteiger partial charge in [0.25, 0.3) is 0 Å². The van der Waals surface area contributed by atoms with Crippen molar-refractivity contribution in [3.8, 4) is 5.75 Å². The number of amides is 1. The number of hydrogen-bond donors (Lipinski definition) is 2. The summed E-state index contributed by atoms with van der Waals surface area (Å²) in [6.07, 6.45) is 6.03. The smallest absolute Gasteiger partial charge is 0.223 e. The highest BCUT2D eigenvalue weighted by molar-refractivity contribution is 5.88. The average molecular weight is 335 g/mol. The Kier molecular flexibility index (Phi) is 4.14. The van der Waals surface area contributed by atoms with Crippen LogP contribution in [-0.4, -0.2) is 23.0 Å². The molecule has 0 aliphatic heterocycles. The van der Waals surface area contributed by atoms with Gasteiger partial charge in [-0.3, -0.25) is 9.78 Å². The summed E-state index contributed by atoms with van der Waals surface area (Å²) in [5.74, 6) is 0.984. The summed E-state index contributed by atoms with van der Waals surface area (Å²) < 4.78 is 5.35. The number of hydrogen-bond acceptors (Lipinski definition) is 3. The van der Waals surface area contributed by atoms with Gasteiger partial charge in [-0.15, -0.1) is 0 Å². The van der Waals surface area contributed by atoms with Crippen LogP contribution in [0.3, 0.4) is 0 Å². The van der Waals surface area contributed by atoms with E-state index >= 15 is 0 Å². The minimum Gasteiger partial charge on any atom is -0.497 e. The van der Waals surface area contributed by atoms with E-state index in [1.54, 1.807) is 19.5 Å². The van der Waals surface area contributed by atoms with Crippen molar-refractivity contribution >= 4 is 16.8 Å². The van der Waals surface area contributed by atoms with Crippen LogP contribution in [0.5, 0.6) is 5.75 Å². The van der Waals surface area contributed by atoms with Gasteiger partial charge in [-0.05, 0) is 60.7 Å². The average Bonchev–Trinajstić information content (AvgIpc) is 3.03. The minimum atomic E-state index is 0.0135. The van der Waals surface area contributed by atoms with Crippen molar-refractivity contribution in [2.24, 2.45) is 5.92 Å². The van der Waals surface area contributed by atoms with Gasteiger partial charge in [0.1, 0.15) is 5.75 Å². The standard InChI is InChI=1S/C20H21N3O2/c1-25-15-3-5-19-17(11-15)16-10-14(2-4-18(16)23-19)20(24)22-12-13-6-8-21-9-7-13/h3,5-9,11,14,23H,2,4,10,12H2,1H3,(H,22,24). The molecule has 1 unspecified atom stereocenters. The molecule has 1 aliphatic rings. The molecule has 25 heavy (non-hydrogen) atoms. The molecule has 1 aromatic carbocycles. The van der Waals surface area contributed by atoms with Crippen molar-refractivity contribution in [3.63, 3.8) is 0 Å². The first-order chi connectivity index (χ1) is 12.2. The Morgan fingerprint density at radius 2 is 2.16 bits per heavy atom. The Bertz CT molecular complexity index is 902. The van der Waals surface area contributed by atoms with Crippen LogP contribution in [0, 0.1) is 5.92 Å². The van der Waals surface area contributed by atoms with Crippen molar-refractivity contribution < 1.29 is 9.53 Å². The number of benzene rings is 1. The SMILES string of the molecule is COc1ccc2[nH]c3c(c2c1)CC(C(=O)NCc1ccncc1)CC3. The van der Waals surface area contributed by atoms with E-state index in [0.717, 1.165) is 36.1 Å². The Labute approximate surface area is 146 Å². The van der Waals surface area contributed by atoms with Crippen LogP contribution in [-0.2, 0) is 24.2 Å². The first-order valence-electron chi connectivity index (χ1n) is 8.58. The van der Waals surface area contributed by atoms with Crippen molar-refractivity contribution in [1.82, 2.24) is 15.3 Å². The number of methoxy groups -OCH3 is 1. The number of aryl methyl sites for hydroxylation is 1. The normalized spacial score (nSPS) is 16.4. The molecule has 0 radical (unpaired) electrons. The summed E-state index contributed by atoms with van der Waals surface area (Å²) in [5, 5.41) is 4.23. The predicted octanol–water partition coefficient (Wildman–Crippen LogP) is 2.99. The second-order valence-corrected chi connectivity index (χ2v) is 6.51. The lowest BCUT2D eigenvalue weighted by Crippen LogP contribution is -2.33. The number of aromatic nitrogens is 2. The molecule has 5 heteroatoms. The number of nitrogens with one attached hydrogen (secondary N) is 2. The van der Waals surface area contributed by atoms with Crippen molar-refractivity contribution in [2.75, 3.05) is 7.11 Å². The Hall–Kier alpha value is -2.82. The minimum absolute atomic E-state index is 0.0135. The highest BCUT2D eigenvalue weighted by Crippen LogP contribution is 2.33. The first kappa shape index (κ1) is 15.7. The molecule has 2 N–H and O–H groups in total. The van der Waals surface area contributed by atoms with Crippen LogP contribution in [0.1, 0.15) is 23.2 Å². The number of ether oxygens (including phenoxy) is 1. The van der Waals surface area contributed by atoms with E-state index < -0.39 is 0 Å². The predicted molar refractivity (Wildman–Crippen MR) is 96.4 cm³/mol. The molecule has 1 atom stereocenters. The summed E-state index contributed by atoms with van der Waals surface area (Å²) in [4.78, 5) is 20.1. The number of rotatable bonds is 4. The molecule has 0 saturated heterocycles. The number of carbonyl (C=O) groups excluding carboxylic acids is 1. The highest BCUT2D eigenvalue weighted by Gasteiger charge is 2.27. The van der Waals surface area contributed by atoms with E-state index in [4.69, 9.17) is 4.74 Å². The molecule has 4 rings (SSSR count). The van der Waals surface area contributed by atoms with Crippen molar-refractivity contribution in [2.45, 2.75) is 25.8 Å². The first-order valence-corrected chi connectivity index (χ1v) is 8.58. The summed E-state index contributed by atoms with van der Waals surface area (Å²) in [6, 6.07) is 9.91. The van der Waals surface area contributed by atoms with Crippen LogP contribution >= 0.6 is 0 Å². The monoisotopic (exact) mass is 335 g/mol. The molecule has 3 aromatic rings. The summed E-state index contributed by atoms with van der Waals surface area (Å²) in [6.45, 7) is 0.548. The van der Waals surface area contributed by atoms with Crippen LogP contribution in [0.25, 0.3) is 10.9 Å². The van der Waals surface area contributed by atoms with Crippen LogP contribution < -0.4 is 10.1 Å². The molecule has 1 aliphatic carbocycles. The van der Waals surface area contributed by atoms with Crippen LogP contribution in [0.2, 0.25) is 0 Å². The number of nitrogens with zero attached hydrogens (tertiary/aromatic N) is 1. The number of carbonyl (C=O) groups is 1.